The molecule has 0 fully saturated rings. The monoisotopic (exact) mass is 325 g/mol. The molecule has 3 aromatic rings. The van der Waals surface area contributed by atoms with Crippen LogP contribution in [0.3, 0.4) is 0 Å². The summed E-state index contributed by atoms with van der Waals surface area (Å²) in [6.45, 7) is 0.465. The fraction of sp³-hybridized carbons (Fsp3) is 0.0556. The number of ether oxygens (including phenoxy) is 1. The second-order valence-corrected chi connectivity index (χ2v) is 6.26. The number of carbonyl (C=O) groups excluding carboxylic acids is 1. The van der Waals surface area contributed by atoms with Crippen molar-refractivity contribution in [2.75, 3.05) is 5.32 Å². The van der Waals surface area contributed by atoms with Gasteiger partial charge in [-0.15, -0.1) is 11.3 Å². The van der Waals surface area contributed by atoms with Gasteiger partial charge in [0.15, 0.2) is 0 Å². The van der Waals surface area contributed by atoms with Crippen molar-refractivity contribution in [2.45, 2.75) is 6.61 Å². The third-order valence-electron chi connectivity index (χ3n) is 3.65. The number of hydrogen-bond donors (Lipinski definition) is 1. The number of hydrogen-bond acceptors (Lipinski definition) is 3. The first-order valence-corrected chi connectivity index (χ1v) is 7.94. The largest absolute Gasteiger partial charge is 0.488 e. The van der Waals surface area contributed by atoms with Gasteiger partial charge in [-0.25, -0.2) is 4.39 Å². The summed E-state index contributed by atoms with van der Waals surface area (Å²) in [5.41, 5.74) is 2.59. The standard InChI is InChI=1S/C18H12FNO2S/c19-12-5-7-13(8-6-12)20-18(21)16-9-11-10-22-15-4-2-1-3-14(15)17(11)23-16/h1-9H,10H2,(H,20,21). The fourth-order valence-corrected chi connectivity index (χ4v) is 3.63. The third-order valence-corrected chi connectivity index (χ3v) is 4.86. The Labute approximate surface area is 136 Å². The number of benzene rings is 2. The number of nitrogens with one attached hydrogen (secondary N) is 1. The number of halogens is 1. The van der Waals surface area contributed by atoms with Crippen LogP contribution in [0.5, 0.6) is 5.75 Å². The Morgan fingerprint density at radius 2 is 1.91 bits per heavy atom. The summed E-state index contributed by atoms with van der Waals surface area (Å²) >= 11 is 1.44. The molecule has 0 bridgehead atoms. The zero-order valence-corrected chi connectivity index (χ0v) is 12.8. The van der Waals surface area contributed by atoms with E-state index in [1.54, 1.807) is 12.1 Å². The highest BCUT2D eigenvalue weighted by atomic mass is 32.1. The number of para-hydroxylation sites is 1. The Hall–Kier alpha value is -2.66. The highest BCUT2D eigenvalue weighted by Crippen LogP contribution is 2.42. The molecule has 23 heavy (non-hydrogen) atoms. The second kappa shape index (κ2) is 5.52. The highest BCUT2D eigenvalue weighted by Gasteiger charge is 2.22. The van der Waals surface area contributed by atoms with Gasteiger partial charge in [0, 0.05) is 21.7 Å². The van der Waals surface area contributed by atoms with Crippen LogP contribution in [-0.4, -0.2) is 5.91 Å². The van der Waals surface area contributed by atoms with Crippen molar-refractivity contribution in [3.8, 4) is 16.2 Å². The molecule has 2 heterocycles. The molecular formula is C18H12FNO2S. The number of thiophene rings is 1. The van der Waals surface area contributed by atoms with Crippen LogP contribution < -0.4 is 10.1 Å². The predicted octanol–water partition coefficient (Wildman–Crippen LogP) is 4.70. The van der Waals surface area contributed by atoms with Crippen LogP contribution in [0.4, 0.5) is 10.1 Å². The van der Waals surface area contributed by atoms with Crippen molar-refractivity contribution >= 4 is 22.9 Å². The Kier molecular flexibility index (Phi) is 3.35. The molecule has 0 atom stereocenters. The van der Waals surface area contributed by atoms with Gasteiger partial charge in [0.2, 0.25) is 0 Å². The predicted molar refractivity (Wildman–Crippen MR) is 88.4 cm³/mol. The molecule has 114 valence electrons. The molecule has 0 saturated heterocycles. The van der Waals surface area contributed by atoms with Gasteiger partial charge >= 0.3 is 0 Å². The van der Waals surface area contributed by atoms with Gasteiger partial charge in [-0.1, -0.05) is 12.1 Å². The van der Waals surface area contributed by atoms with Gasteiger partial charge in [0.1, 0.15) is 18.2 Å². The van der Waals surface area contributed by atoms with Gasteiger partial charge < -0.3 is 10.1 Å². The molecule has 4 rings (SSSR count). The number of amides is 1. The number of carbonyl (C=O) groups is 1. The van der Waals surface area contributed by atoms with Crippen molar-refractivity contribution in [3.05, 3.63) is 70.9 Å². The molecule has 0 spiro atoms. The summed E-state index contributed by atoms with van der Waals surface area (Å²) in [4.78, 5) is 14.1. The molecule has 1 amide bonds. The summed E-state index contributed by atoms with van der Waals surface area (Å²) in [6.07, 6.45) is 0. The number of anilines is 1. The van der Waals surface area contributed by atoms with E-state index < -0.39 is 0 Å². The topological polar surface area (TPSA) is 38.3 Å². The number of rotatable bonds is 2. The lowest BCUT2D eigenvalue weighted by Crippen LogP contribution is -2.10. The molecule has 0 saturated carbocycles. The van der Waals surface area contributed by atoms with E-state index in [2.05, 4.69) is 5.32 Å². The SMILES string of the molecule is O=C(Nc1ccc(F)cc1)c1cc2c(s1)-c1ccccc1OC2. The molecule has 3 nitrogen and oxygen atoms in total. The normalized spacial score (nSPS) is 12.0. The van der Waals surface area contributed by atoms with Gasteiger partial charge in [-0.3, -0.25) is 4.79 Å². The summed E-state index contributed by atoms with van der Waals surface area (Å²) in [5.74, 6) is 0.309. The minimum Gasteiger partial charge on any atom is -0.488 e. The molecule has 1 aromatic heterocycles. The average Bonchev–Trinajstić information content (AvgIpc) is 3.02. The first-order chi connectivity index (χ1) is 11.2. The van der Waals surface area contributed by atoms with Gasteiger partial charge in [0.05, 0.1) is 4.88 Å². The molecule has 0 radical (unpaired) electrons. The Morgan fingerprint density at radius 1 is 1.13 bits per heavy atom. The molecule has 2 aromatic carbocycles. The van der Waals surface area contributed by atoms with E-state index in [-0.39, 0.29) is 11.7 Å². The van der Waals surface area contributed by atoms with Crippen LogP contribution in [0.1, 0.15) is 15.2 Å². The van der Waals surface area contributed by atoms with Crippen LogP contribution in [0.15, 0.2) is 54.6 Å². The molecule has 1 N–H and O–H groups in total. The van der Waals surface area contributed by atoms with E-state index in [0.29, 0.717) is 17.2 Å². The molecule has 1 aliphatic heterocycles. The van der Waals surface area contributed by atoms with Gasteiger partial charge in [-0.2, -0.15) is 0 Å². The van der Waals surface area contributed by atoms with Crippen molar-refractivity contribution in [2.24, 2.45) is 0 Å². The quantitative estimate of drug-likeness (QED) is 0.742. The van der Waals surface area contributed by atoms with Gasteiger partial charge in [-0.05, 0) is 42.5 Å². The molecular weight excluding hydrogens is 313 g/mol. The summed E-state index contributed by atoms with van der Waals surface area (Å²) in [7, 11) is 0. The molecule has 5 heteroatoms. The summed E-state index contributed by atoms with van der Waals surface area (Å²) in [5, 5.41) is 2.78. The maximum absolute atomic E-state index is 12.9. The lowest BCUT2D eigenvalue weighted by molar-refractivity contribution is 0.103. The van der Waals surface area contributed by atoms with Crippen LogP contribution in [0, 0.1) is 5.82 Å². The van der Waals surface area contributed by atoms with E-state index in [0.717, 1.165) is 21.8 Å². The van der Waals surface area contributed by atoms with Crippen LogP contribution in [-0.2, 0) is 6.61 Å². The third kappa shape index (κ3) is 2.59. The van der Waals surface area contributed by atoms with E-state index in [1.807, 2.05) is 30.3 Å². The minimum atomic E-state index is -0.330. The van der Waals surface area contributed by atoms with Gasteiger partial charge in [0.25, 0.3) is 5.91 Å². The van der Waals surface area contributed by atoms with Crippen molar-refractivity contribution in [1.82, 2.24) is 0 Å². The van der Waals surface area contributed by atoms with Crippen molar-refractivity contribution in [3.63, 3.8) is 0 Å². The highest BCUT2D eigenvalue weighted by molar-refractivity contribution is 7.17. The molecule has 0 aliphatic carbocycles. The lowest BCUT2D eigenvalue weighted by atomic mass is 10.1. The van der Waals surface area contributed by atoms with Crippen molar-refractivity contribution < 1.29 is 13.9 Å². The van der Waals surface area contributed by atoms with Crippen LogP contribution >= 0.6 is 11.3 Å². The average molecular weight is 325 g/mol. The fourth-order valence-electron chi connectivity index (χ4n) is 2.54. The van der Waals surface area contributed by atoms with Crippen LogP contribution in [0.25, 0.3) is 10.4 Å². The first-order valence-electron chi connectivity index (χ1n) is 7.12. The first kappa shape index (κ1) is 14.0. The molecule has 0 unspecified atom stereocenters. The Morgan fingerprint density at radius 3 is 2.74 bits per heavy atom. The van der Waals surface area contributed by atoms with Crippen LogP contribution in [0.2, 0.25) is 0 Å². The Balaban J connectivity index is 1.63. The summed E-state index contributed by atoms with van der Waals surface area (Å²) in [6, 6.07) is 15.4. The number of fused-ring (bicyclic) bond motifs is 3. The summed E-state index contributed by atoms with van der Waals surface area (Å²) < 4.78 is 18.6. The van der Waals surface area contributed by atoms with E-state index in [9.17, 15) is 9.18 Å². The van der Waals surface area contributed by atoms with E-state index in [4.69, 9.17) is 4.74 Å². The smallest absolute Gasteiger partial charge is 0.265 e. The second-order valence-electron chi connectivity index (χ2n) is 5.21. The van der Waals surface area contributed by atoms with Crippen molar-refractivity contribution in [1.29, 1.82) is 0 Å². The maximum atomic E-state index is 12.9. The minimum absolute atomic E-state index is 0.200. The lowest BCUT2D eigenvalue weighted by Gasteiger charge is -2.16. The Bertz CT molecular complexity index is 886. The van der Waals surface area contributed by atoms with E-state index in [1.165, 1.54) is 23.5 Å². The van der Waals surface area contributed by atoms with E-state index >= 15 is 0 Å². The maximum Gasteiger partial charge on any atom is 0.265 e. The zero-order chi connectivity index (χ0) is 15.8. The molecule has 1 aliphatic rings. The zero-order valence-electron chi connectivity index (χ0n) is 12.0.